The van der Waals surface area contributed by atoms with E-state index in [1.165, 1.54) is 56.1 Å². The lowest BCUT2D eigenvalue weighted by Gasteiger charge is -2.28. The first-order chi connectivity index (χ1) is 12.8. The third kappa shape index (κ3) is 5.50. The monoisotopic (exact) mass is 344 g/mol. The van der Waals surface area contributed by atoms with Crippen LogP contribution in [0.5, 0.6) is 0 Å². The number of aryl methyl sites for hydroxylation is 1. The van der Waals surface area contributed by atoms with Crippen LogP contribution in [0.1, 0.15) is 74.6 Å². The van der Waals surface area contributed by atoms with Gasteiger partial charge < -0.3 is 0 Å². The Kier molecular flexibility index (Phi) is 6.96. The minimum Gasteiger partial charge on any atom is -0.0654 e. The molecule has 2 aromatic carbocycles. The Morgan fingerprint density at radius 1 is 0.692 bits per heavy atom. The largest absolute Gasteiger partial charge is 0.0654 e. The maximum Gasteiger partial charge on any atom is 0.0249 e. The highest BCUT2D eigenvalue weighted by Crippen LogP contribution is 2.33. The molecule has 1 saturated carbocycles. The van der Waals surface area contributed by atoms with Gasteiger partial charge in [-0.15, -0.1) is 0 Å². The van der Waals surface area contributed by atoms with Gasteiger partial charge in [0.1, 0.15) is 0 Å². The van der Waals surface area contributed by atoms with Crippen LogP contribution in [0.15, 0.2) is 48.5 Å². The zero-order valence-electron chi connectivity index (χ0n) is 16.4. The lowest BCUT2D eigenvalue weighted by atomic mass is 9.78. The maximum atomic E-state index is 3.30. The van der Waals surface area contributed by atoms with Crippen LogP contribution in [0.25, 0.3) is 0 Å². The van der Waals surface area contributed by atoms with Crippen molar-refractivity contribution in [3.8, 4) is 11.8 Å². The molecular formula is C26H32. The molecule has 0 saturated heterocycles. The van der Waals surface area contributed by atoms with Gasteiger partial charge in [-0.1, -0.05) is 75.6 Å². The average molecular weight is 345 g/mol. The third-order valence-electron chi connectivity index (χ3n) is 5.85. The highest BCUT2D eigenvalue weighted by atomic mass is 14.3. The third-order valence-corrected chi connectivity index (χ3v) is 5.85. The van der Waals surface area contributed by atoms with Gasteiger partial charge in [-0.2, -0.15) is 0 Å². The van der Waals surface area contributed by atoms with Crippen LogP contribution < -0.4 is 0 Å². The van der Waals surface area contributed by atoms with Crippen molar-refractivity contribution in [2.45, 2.75) is 65.2 Å². The molecule has 0 N–H and O–H groups in total. The fourth-order valence-corrected chi connectivity index (χ4v) is 4.16. The summed E-state index contributed by atoms with van der Waals surface area (Å²) in [4.78, 5) is 0. The quantitative estimate of drug-likeness (QED) is 0.523. The van der Waals surface area contributed by atoms with Crippen molar-refractivity contribution in [2.24, 2.45) is 11.8 Å². The first-order valence-electron chi connectivity index (χ1n) is 10.5. The Bertz CT molecular complexity index is 716. The van der Waals surface area contributed by atoms with Crippen LogP contribution in [0.2, 0.25) is 0 Å². The number of hydrogen-bond donors (Lipinski definition) is 0. The molecule has 3 rings (SSSR count). The Hall–Kier alpha value is -2.00. The van der Waals surface area contributed by atoms with Gasteiger partial charge in [0.2, 0.25) is 0 Å². The predicted octanol–water partition coefficient (Wildman–Crippen LogP) is 6.80. The number of rotatable bonds is 5. The van der Waals surface area contributed by atoms with E-state index in [0.717, 1.165) is 29.4 Å². The summed E-state index contributed by atoms with van der Waals surface area (Å²) in [5, 5.41) is 0. The molecule has 0 heteroatoms. The summed E-state index contributed by atoms with van der Waals surface area (Å²) in [5.41, 5.74) is 5.04. The van der Waals surface area contributed by atoms with Crippen molar-refractivity contribution in [1.82, 2.24) is 0 Å². The molecule has 1 aliphatic carbocycles. The summed E-state index contributed by atoms with van der Waals surface area (Å²) in [5.74, 6) is 8.47. The fourth-order valence-electron chi connectivity index (χ4n) is 4.16. The molecule has 0 aromatic heterocycles. The molecular weight excluding hydrogens is 312 g/mol. The van der Waals surface area contributed by atoms with Gasteiger partial charge in [0, 0.05) is 11.1 Å². The molecule has 1 fully saturated rings. The molecule has 0 aliphatic heterocycles. The summed E-state index contributed by atoms with van der Waals surface area (Å²) in [6, 6.07) is 17.5. The zero-order valence-corrected chi connectivity index (χ0v) is 16.4. The van der Waals surface area contributed by atoms with Crippen LogP contribution in [0, 0.1) is 23.7 Å². The second kappa shape index (κ2) is 9.63. The summed E-state index contributed by atoms with van der Waals surface area (Å²) in [6.45, 7) is 4.50. The van der Waals surface area contributed by atoms with E-state index < -0.39 is 0 Å². The number of hydrogen-bond acceptors (Lipinski definition) is 0. The van der Waals surface area contributed by atoms with Gasteiger partial charge in [-0.25, -0.2) is 0 Å². The van der Waals surface area contributed by atoms with Gasteiger partial charge in [-0.3, -0.25) is 0 Å². The topological polar surface area (TPSA) is 0 Å². The molecule has 0 nitrogen and oxygen atoms in total. The molecule has 2 aromatic rings. The zero-order chi connectivity index (χ0) is 18.2. The van der Waals surface area contributed by atoms with Crippen molar-refractivity contribution in [1.29, 1.82) is 0 Å². The Morgan fingerprint density at radius 3 is 1.69 bits per heavy atom. The summed E-state index contributed by atoms with van der Waals surface area (Å²) < 4.78 is 0. The second-order valence-corrected chi connectivity index (χ2v) is 7.88. The van der Waals surface area contributed by atoms with E-state index in [-0.39, 0.29) is 0 Å². The van der Waals surface area contributed by atoms with Crippen molar-refractivity contribution >= 4 is 0 Å². The lowest BCUT2D eigenvalue weighted by Crippen LogP contribution is -2.16. The molecule has 0 bridgehead atoms. The van der Waals surface area contributed by atoms with E-state index in [0.29, 0.717) is 0 Å². The maximum absolute atomic E-state index is 3.30. The van der Waals surface area contributed by atoms with Crippen LogP contribution in [-0.4, -0.2) is 0 Å². The van der Waals surface area contributed by atoms with Gasteiger partial charge in [-0.05, 0) is 72.9 Å². The van der Waals surface area contributed by atoms with Crippen LogP contribution in [-0.2, 0) is 12.8 Å². The van der Waals surface area contributed by atoms with E-state index in [1.54, 1.807) is 0 Å². The van der Waals surface area contributed by atoms with E-state index in [2.05, 4.69) is 74.2 Å². The van der Waals surface area contributed by atoms with Crippen LogP contribution >= 0.6 is 0 Å². The Morgan fingerprint density at radius 2 is 1.19 bits per heavy atom. The molecule has 0 atom stereocenters. The van der Waals surface area contributed by atoms with Crippen LogP contribution in [0.3, 0.4) is 0 Å². The fraction of sp³-hybridized carbons (Fsp3) is 0.462. The SMILES string of the molecule is CCCC1CCC(Cc2ccc(C#Cc3ccc(CC)cc3)cc2)CC1. The highest BCUT2D eigenvalue weighted by Gasteiger charge is 2.20. The second-order valence-electron chi connectivity index (χ2n) is 7.88. The van der Waals surface area contributed by atoms with Gasteiger partial charge in [0.25, 0.3) is 0 Å². The molecule has 26 heavy (non-hydrogen) atoms. The minimum atomic E-state index is 0.886. The highest BCUT2D eigenvalue weighted by molar-refractivity contribution is 5.44. The van der Waals surface area contributed by atoms with E-state index in [1.807, 2.05) is 0 Å². The average Bonchev–Trinajstić information content (AvgIpc) is 2.69. The molecule has 0 radical (unpaired) electrons. The Labute approximate surface area is 160 Å². The van der Waals surface area contributed by atoms with Crippen molar-refractivity contribution in [3.63, 3.8) is 0 Å². The van der Waals surface area contributed by atoms with E-state index in [4.69, 9.17) is 0 Å². The van der Waals surface area contributed by atoms with Gasteiger partial charge in [0.15, 0.2) is 0 Å². The van der Waals surface area contributed by atoms with Gasteiger partial charge >= 0.3 is 0 Å². The summed E-state index contributed by atoms with van der Waals surface area (Å²) >= 11 is 0. The predicted molar refractivity (Wildman–Crippen MR) is 112 cm³/mol. The normalized spacial score (nSPS) is 19.6. The number of benzene rings is 2. The molecule has 0 spiro atoms. The lowest BCUT2D eigenvalue weighted by molar-refractivity contribution is 0.261. The smallest absolute Gasteiger partial charge is 0.0249 e. The molecule has 0 amide bonds. The van der Waals surface area contributed by atoms with Crippen molar-refractivity contribution < 1.29 is 0 Å². The van der Waals surface area contributed by atoms with Crippen molar-refractivity contribution in [2.75, 3.05) is 0 Å². The molecule has 0 unspecified atom stereocenters. The standard InChI is InChI=1S/C26H32/c1-3-5-22-12-16-25(17-13-22)20-26-18-14-24(15-19-26)11-10-23-8-6-21(4-2)7-9-23/h6-9,14-15,18-19,22,25H,3-5,12-13,16-17,20H2,1-2H3. The van der Waals surface area contributed by atoms with E-state index in [9.17, 15) is 0 Å². The summed E-state index contributed by atoms with van der Waals surface area (Å²) in [6.07, 6.45) is 10.8. The first-order valence-corrected chi connectivity index (χ1v) is 10.5. The molecule has 1 aliphatic rings. The van der Waals surface area contributed by atoms with E-state index >= 15 is 0 Å². The molecule has 0 heterocycles. The summed E-state index contributed by atoms with van der Waals surface area (Å²) in [7, 11) is 0. The minimum absolute atomic E-state index is 0.886. The van der Waals surface area contributed by atoms with Crippen molar-refractivity contribution in [3.05, 3.63) is 70.8 Å². The van der Waals surface area contributed by atoms with Crippen LogP contribution in [0.4, 0.5) is 0 Å². The first kappa shape index (κ1) is 18.8. The Balaban J connectivity index is 1.53. The molecule has 136 valence electrons. The van der Waals surface area contributed by atoms with Gasteiger partial charge in [0.05, 0.1) is 0 Å².